The third-order valence-corrected chi connectivity index (χ3v) is 4.02. The number of carbonyl (C=O) groups excluding carboxylic acids is 1. The highest BCUT2D eigenvalue weighted by atomic mass is 32.1. The Morgan fingerprint density at radius 2 is 2.05 bits per heavy atom. The Morgan fingerprint density at radius 3 is 2.77 bits per heavy atom. The van der Waals surface area contributed by atoms with Crippen molar-refractivity contribution in [1.82, 2.24) is 5.32 Å². The molecule has 0 aliphatic carbocycles. The molecule has 1 N–H and O–H groups in total. The highest BCUT2D eigenvalue weighted by molar-refractivity contribution is 7.07. The second-order valence-electron chi connectivity index (χ2n) is 5.59. The van der Waals surface area contributed by atoms with Crippen molar-refractivity contribution in [3.63, 3.8) is 0 Å². The molecule has 4 heteroatoms. The van der Waals surface area contributed by atoms with Gasteiger partial charge in [-0.1, -0.05) is 24.3 Å². The van der Waals surface area contributed by atoms with Crippen LogP contribution in [0, 0.1) is 0 Å². The first-order chi connectivity index (χ1) is 10.6. The van der Waals surface area contributed by atoms with E-state index in [4.69, 9.17) is 4.74 Å². The Kier molecular flexibility index (Phi) is 6.62. The van der Waals surface area contributed by atoms with Crippen molar-refractivity contribution >= 4 is 17.2 Å². The maximum atomic E-state index is 11.9. The minimum Gasteiger partial charge on any atom is -0.374 e. The molecule has 2 aromatic rings. The number of carbonyl (C=O) groups is 1. The molecule has 22 heavy (non-hydrogen) atoms. The van der Waals surface area contributed by atoms with Gasteiger partial charge in [0.15, 0.2) is 0 Å². The molecule has 0 bridgehead atoms. The lowest BCUT2D eigenvalue weighted by atomic mass is 10.1. The van der Waals surface area contributed by atoms with E-state index >= 15 is 0 Å². The number of amides is 1. The van der Waals surface area contributed by atoms with Gasteiger partial charge in [-0.2, -0.15) is 11.3 Å². The number of aryl methyl sites for hydroxylation is 1. The molecule has 0 spiro atoms. The van der Waals surface area contributed by atoms with Crippen molar-refractivity contribution in [2.45, 2.75) is 45.9 Å². The second-order valence-corrected chi connectivity index (χ2v) is 6.37. The lowest BCUT2D eigenvalue weighted by Gasteiger charge is -2.10. The zero-order chi connectivity index (χ0) is 15.8. The average Bonchev–Trinajstić information content (AvgIpc) is 3.03. The van der Waals surface area contributed by atoms with Crippen molar-refractivity contribution in [2.24, 2.45) is 0 Å². The van der Waals surface area contributed by atoms with Gasteiger partial charge in [-0.3, -0.25) is 4.79 Å². The van der Waals surface area contributed by atoms with Gasteiger partial charge < -0.3 is 10.1 Å². The van der Waals surface area contributed by atoms with Crippen LogP contribution in [0.15, 0.2) is 41.1 Å². The number of nitrogens with one attached hydrogen (secondary N) is 1. The summed E-state index contributed by atoms with van der Waals surface area (Å²) in [4.78, 5) is 11.9. The van der Waals surface area contributed by atoms with Crippen LogP contribution in [0.1, 0.15) is 37.0 Å². The lowest BCUT2D eigenvalue weighted by Crippen LogP contribution is -2.23. The van der Waals surface area contributed by atoms with Gasteiger partial charge in [-0.05, 0) is 53.8 Å². The van der Waals surface area contributed by atoms with Crippen LogP contribution in [-0.2, 0) is 29.1 Å². The van der Waals surface area contributed by atoms with Gasteiger partial charge in [0.05, 0.1) is 12.7 Å². The molecule has 1 heterocycles. The first kappa shape index (κ1) is 16.7. The van der Waals surface area contributed by atoms with Crippen LogP contribution >= 0.6 is 11.3 Å². The first-order valence-corrected chi connectivity index (χ1v) is 8.55. The Bertz CT molecular complexity index is 579. The van der Waals surface area contributed by atoms with E-state index in [0.717, 1.165) is 17.5 Å². The molecule has 0 atom stereocenters. The second kappa shape index (κ2) is 8.71. The molecule has 0 saturated carbocycles. The van der Waals surface area contributed by atoms with Gasteiger partial charge in [0.25, 0.3) is 0 Å². The zero-order valence-electron chi connectivity index (χ0n) is 13.2. The molecule has 3 nitrogen and oxygen atoms in total. The highest BCUT2D eigenvalue weighted by Crippen LogP contribution is 2.10. The normalized spacial score (nSPS) is 10.9. The summed E-state index contributed by atoms with van der Waals surface area (Å²) in [5.41, 5.74) is 3.47. The quantitative estimate of drug-likeness (QED) is 0.801. The van der Waals surface area contributed by atoms with E-state index in [1.807, 2.05) is 37.4 Å². The van der Waals surface area contributed by atoms with Gasteiger partial charge in [0, 0.05) is 13.0 Å². The number of hydrogen-bond acceptors (Lipinski definition) is 3. The summed E-state index contributed by atoms with van der Waals surface area (Å²) in [7, 11) is 0. The van der Waals surface area contributed by atoms with Crippen molar-refractivity contribution in [2.75, 3.05) is 0 Å². The Labute approximate surface area is 136 Å². The summed E-state index contributed by atoms with van der Waals surface area (Å²) in [6.07, 6.45) is 1.56. The molecular formula is C18H23NO2S. The standard InChI is InChI=1S/C18H23NO2S/c1-14(2)21-12-17-5-3-4-16(10-17)11-19-18(20)7-6-15-8-9-22-13-15/h3-5,8-10,13-14H,6-7,11-12H2,1-2H3,(H,19,20). The summed E-state index contributed by atoms with van der Waals surface area (Å²) in [5.74, 6) is 0.0926. The summed E-state index contributed by atoms with van der Waals surface area (Å²) < 4.78 is 5.60. The number of benzene rings is 1. The molecule has 2 rings (SSSR count). The van der Waals surface area contributed by atoms with E-state index in [1.54, 1.807) is 11.3 Å². The summed E-state index contributed by atoms with van der Waals surface area (Å²) in [6, 6.07) is 10.2. The zero-order valence-corrected chi connectivity index (χ0v) is 14.0. The van der Waals surface area contributed by atoms with E-state index in [1.165, 1.54) is 5.56 Å². The molecule has 1 aromatic carbocycles. The maximum Gasteiger partial charge on any atom is 0.220 e. The number of thiophene rings is 1. The van der Waals surface area contributed by atoms with Crippen LogP contribution < -0.4 is 5.32 Å². The van der Waals surface area contributed by atoms with Crippen LogP contribution in [0.5, 0.6) is 0 Å². The Balaban J connectivity index is 1.75. The third-order valence-electron chi connectivity index (χ3n) is 3.29. The molecule has 0 unspecified atom stereocenters. The van der Waals surface area contributed by atoms with Crippen LogP contribution in [0.3, 0.4) is 0 Å². The molecule has 118 valence electrons. The predicted molar refractivity (Wildman–Crippen MR) is 90.9 cm³/mol. The van der Waals surface area contributed by atoms with E-state index in [-0.39, 0.29) is 12.0 Å². The van der Waals surface area contributed by atoms with Crippen LogP contribution in [-0.4, -0.2) is 12.0 Å². The molecule has 0 aliphatic heterocycles. The van der Waals surface area contributed by atoms with Crippen molar-refractivity contribution in [1.29, 1.82) is 0 Å². The third kappa shape index (κ3) is 6.00. The van der Waals surface area contributed by atoms with E-state index in [9.17, 15) is 4.79 Å². The van der Waals surface area contributed by atoms with Gasteiger partial charge in [-0.25, -0.2) is 0 Å². The maximum absolute atomic E-state index is 11.9. The highest BCUT2D eigenvalue weighted by Gasteiger charge is 2.04. The smallest absolute Gasteiger partial charge is 0.220 e. The van der Waals surface area contributed by atoms with Crippen molar-refractivity contribution in [3.05, 3.63) is 57.8 Å². The number of ether oxygens (including phenoxy) is 1. The minimum absolute atomic E-state index is 0.0926. The fourth-order valence-electron chi connectivity index (χ4n) is 2.07. The molecule has 0 saturated heterocycles. The van der Waals surface area contributed by atoms with E-state index in [2.05, 4.69) is 22.8 Å². The fourth-order valence-corrected chi connectivity index (χ4v) is 2.78. The van der Waals surface area contributed by atoms with Crippen LogP contribution in [0.2, 0.25) is 0 Å². The van der Waals surface area contributed by atoms with E-state index < -0.39 is 0 Å². The molecule has 0 aliphatic rings. The van der Waals surface area contributed by atoms with Gasteiger partial charge in [0.1, 0.15) is 0 Å². The average molecular weight is 317 g/mol. The van der Waals surface area contributed by atoms with Crippen molar-refractivity contribution in [3.8, 4) is 0 Å². The molecule has 0 fully saturated rings. The molecule has 1 amide bonds. The van der Waals surface area contributed by atoms with Crippen LogP contribution in [0.4, 0.5) is 0 Å². The lowest BCUT2D eigenvalue weighted by molar-refractivity contribution is -0.121. The minimum atomic E-state index is 0.0926. The van der Waals surface area contributed by atoms with E-state index in [0.29, 0.717) is 19.6 Å². The Morgan fingerprint density at radius 1 is 1.23 bits per heavy atom. The summed E-state index contributed by atoms with van der Waals surface area (Å²) in [5, 5.41) is 7.11. The molecule has 1 aromatic heterocycles. The predicted octanol–water partition coefficient (Wildman–Crippen LogP) is 3.92. The topological polar surface area (TPSA) is 38.3 Å². The summed E-state index contributed by atoms with van der Waals surface area (Å²) in [6.45, 7) is 5.23. The number of rotatable bonds is 8. The van der Waals surface area contributed by atoms with Gasteiger partial charge in [-0.15, -0.1) is 0 Å². The SMILES string of the molecule is CC(C)OCc1cccc(CNC(=O)CCc2ccsc2)c1. The largest absolute Gasteiger partial charge is 0.374 e. The molecule has 0 radical (unpaired) electrons. The van der Waals surface area contributed by atoms with Crippen LogP contribution in [0.25, 0.3) is 0 Å². The number of hydrogen-bond donors (Lipinski definition) is 1. The van der Waals surface area contributed by atoms with Gasteiger partial charge in [0.2, 0.25) is 5.91 Å². The van der Waals surface area contributed by atoms with Crippen molar-refractivity contribution < 1.29 is 9.53 Å². The van der Waals surface area contributed by atoms with Gasteiger partial charge >= 0.3 is 0 Å². The monoisotopic (exact) mass is 317 g/mol. The Hall–Kier alpha value is -1.65. The summed E-state index contributed by atoms with van der Waals surface area (Å²) >= 11 is 1.67. The first-order valence-electron chi connectivity index (χ1n) is 7.60. The fraction of sp³-hybridized carbons (Fsp3) is 0.389. The molecular weight excluding hydrogens is 294 g/mol.